The number of ketones is 1. The van der Waals surface area contributed by atoms with Crippen LogP contribution in [0.1, 0.15) is 35.9 Å². The van der Waals surface area contributed by atoms with Crippen molar-refractivity contribution in [1.82, 2.24) is 0 Å². The summed E-state index contributed by atoms with van der Waals surface area (Å²) in [6.45, 7) is 0. The zero-order chi connectivity index (χ0) is 22.1. The molecule has 1 aliphatic carbocycles. The van der Waals surface area contributed by atoms with Gasteiger partial charge in [-0.05, 0) is 48.2 Å². The molecule has 6 heteroatoms. The van der Waals surface area contributed by atoms with Gasteiger partial charge < -0.3 is 20.1 Å². The second-order valence-corrected chi connectivity index (χ2v) is 8.12. The van der Waals surface area contributed by atoms with Gasteiger partial charge in [-0.15, -0.1) is 0 Å². The highest BCUT2D eigenvalue weighted by atomic mass is 16.5. The normalized spacial score (nSPS) is 19.8. The summed E-state index contributed by atoms with van der Waals surface area (Å²) in [5.41, 5.74) is 5.81. The Kier molecular flexibility index (Phi) is 5.27. The average Bonchev–Trinajstić information content (AvgIpc) is 3.01. The van der Waals surface area contributed by atoms with Gasteiger partial charge in [0.2, 0.25) is 0 Å². The summed E-state index contributed by atoms with van der Waals surface area (Å²) in [4.78, 5) is 16.7. The van der Waals surface area contributed by atoms with Crippen molar-refractivity contribution in [1.29, 1.82) is 0 Å². The van der Waals surface area contributed by atoms with Crippen LogP contribution in [0.25, 0.3) is 0 Å². The molecule has 162 valence electrons. The van der Waals surface area contributed by atoms with E-state index < -0.39 is 0 Å². The second-order valence-electron chi connectivity index (χ2n) is 8.12. The molecule has 2 heterocycles. The van der Waals surface area contributed by atoms with Crippen LogP contribution in [0.2, 0.25) is 0 Å². The number of aromatic nitrogens is 1. The van der Waals surface area contributed by atoms with Gasteiger partial charge >= 0.3 is 0 Å². The Balaban J connectivity index is 1.57. The van der Waals surface area contributed by atoms with Crippen molar-refractivity contribution < 1.29 is 19.3 Å². The van der Waals surface area contributed by atoms with E-state index in [1.807, 2.05) is 67.0 Å². The number of fused-ring (bicyclic) bond motifs is 1. The number of H-pyrrole nitrogens is 1. The van der Waals surface area contributed by atoms with Crippen molar-refractivity contribution in [3.63, 3.8) is 0 Å². The number of methoxy groups -OCH3 is 2. The Bertz CT molecular complexity index is 1190. The van der Waals surface area contributed by atoms with Crippen LogP contribution in [0.4, 0.5) is 11.4 Å². The molecule has 1 aromatic heterocycles. The molecule has 2 aromatic carbocycles. The molecule has 32 heavy (non-hydrogen) atoms. The van der Waals surface area contributed by atoms with E-state index >= 15 is 0 Å². The zero-order valence-electron chi connectivity index (χ0n) is 18.1. The Morgan fingerprint density at radius 3 is 2.47 bits per heavy atom. The first-order valence-electron chi connectivity index (χ1n) is 10.7. The lowest BCUT2D eigenvalue weighted by atomic mass is 9.78. The van der Waals surface area contributed by atoms with E-state index in [2.05, 4.69) is 15.6 Å². The van der Waals surface area contributed by atoms with Crippen molar-refractivity contribution >= 4 is 17.2 Å². The summed E-state index contributed by atoms with van der Waals surface area (Å²) in [6, 6.07) is 17.8. The summed E-state index contributed by atoms with van der Waals surface area (Å²) in [5.74, 6) is 1.56. The number of allylic oxidation sites excluding steroid dienone is 1. The highest BCUT2D eigenvalue weighted by Gasteiger charge is 2.36. The van der Waals surface area contributed by atoms with Crippen molar-refractivity contribution in [2.75, 3.05) is 24.9 Å². The minimum absolute atomic E-state index is 0.0572. The molecule has 0 saturated heterocycles. The molecule has 2 aliphatic rings. The van der Waals surface area contributed by atoms with Crippen LogP contribution in [-0.2, 0) is 4.79 Å². The summed E-state index contributed by atoms with van der Waals surface area (Å²) >= 11 is 0. The SMILES string of the molecule is COc1ccc(C2CC(=O)C3=C(C2)Nc2ccccc2NC3c2ccc[nH+]c2)cc1OC. The molecule has 0 saturated carbocycles. The molecule has 5 rings (SSSR count). The van der Waals surface area contributed by atoms with Crippen LogP contribution in [-0.4, -0.2) is 20.0 Å². The Morgan fingerprint density at radius 1 is 0.906 bits per heavy atom. The molecule has 0 amide bonds. The number of Topliss-reactive ketones (excluding diaryl/α,β-unsaturated/α-hetero) is 1. The maximum atomic E-state index is 13.6. The molecular weight excluding hydrogens is 402 g/mol. The van der Waals surface area contributed by atoms with E-state index in [0.717, 1.165) is 40.2 Å². The van der Waals surface area contributed by atoms with Gasteiger partial charge in [0.05, 0.1) is 31.6 Å². The van der Waals surface area contributed by atoms with Crippen LogP contribution in [0, 0.1) is 0 Å². The third kappa shape index (κ3) is 3.58. The number of rotatable bonds is 4. The number of carbonyl (C=O) groups excluding carboxylic acids is 1. The van der Waals surface area contributed by atoms with Crippen LogP contribution in [0.5, 0.6) is 11.5 Å². The van der Waals surface area contributed by atoms with Gasteiger partial charge in [0.25, 0.3) is 0 Å². The Labute approximate surface area is 187 Å². The number of aromatic amines is 1. The number of hydrogen-bond donors (Lipinski definition) is 2. The number of anilines is 2. The van der Waals surface area contributed by atoms with Crippen LogP contribution in [0.3, 0.4) is 0 Å². The van der Waals surface area contributed by atoms with E-state index in [0.29, 0.717) is 17.9 Å². The second kappa shape index (κ2) is 8.38. The van der Waals surface area contributed by atoms with Gasteiger partial charge in [-0.25, -0.2) is 4.98 Å². The van der Waals surface area contributed by atoms with Crippen LogP contribution in [0.15, 0.2) is 78.3 Å². The van der Waals surface area contributed by atoms with Crippen molar-refractivity contribution in [2.45, 2.75) is 24.8 Å². The number of ether oxygens (including phenoxy) is 2. The van der Waals surface area contributed by atoms with Crippen molar-refractivity contribution in [3.05, 3.63) is 89.4 Å². The fourth-order valence-electron chi connectivity index (χ4n) is 4.67. The fraction of sp³-hybridized carbons (Fsp3) is 0.231. The fourth-order valence-corrected chi connectivity index (χ4v) is 4.67. The first-order chi connectivity index (χ1) is 15.7. The maximum Gasteiger partial charge on any atom is 0.172 e. The lowest BCUT2D eigenvalue weighted by Gasteiger charge is -2.29. The van der Waals surface area contributed by atoms with Gasteiger partial charge in [-0.2, -0.15) is 0 Å². The first kappa shape index (κ1) is 20.1. The number of nitrogens with one attached hydrogen (secondary N) is 3. The van der Waals surface area contributed by atoms with Gasteiger partial charge in [-0.1, -0.05) is 18.2 Å². The molecule has 3 aromatic rings. The predicted octanol–water partition coefficient (Wildman–Crippen LogP) is 4.50. The molecule has 0 bridgehead atoms. The number of benzene rings is 2. The van der Waals surface area contributed by atoms with E-state index in [9.17, 15) is 4.79 Å². The number of hydrogen-bond acceptors (Lipinski definition) is 5. The third-order valence-corrected chi connectivity index (χ3v) is 6.25. The standard InChI is InChI=1S/C26H25N3O3/c1-31-23-10-9-16(14-24(23)32-2)18-12-21-25(22(30)13-18)26(17-6-5-11-27-15-17)29-20-8-4-3-7-19(20)28-21/h3-11,14-15,18,26,28-29H,12-13H2,1-2H3/p+1. The smallest absolute Gasteiger partial charge is 0.172 e. The first-order valence-corrected chi connectivity index (χ1v) is 10.7. The quantitative estimate of drug-likeness (QED) is 0.640. The minimum atomic E-state index is -0.225. The Morgan fingerprint density at radius 2 is 1.72 bits per heavy atom. The van der Waals surface area contributed by atoms with Gasteiger partial charge in [-0.3, -0.25) is 4.79 Å². The Hall–Kier alpha value is -3.80. The molecule has 3 N–H and O–H groups in total. The van der Waals surface area contributed by atoms with Gasteiger partial charge in [0.15, 0.2) is 29.7 Å². The summed E-state index contributed by atoms with van der Waals surface area (Å²) < 4.78 is 10.9. The molecule has 1 aliphatic heterocycles. The maximum absolute atomic E-state index is 13.6. The molecule has 2 unspecified atom stereocenters. The van der Waals surface area contributed by atoms with E-state index in [4.69, 9.17) is 9.47 Å². The number of carbonyl (C=O) groups is 1. The zero-order valence-corrected chi connectivity index (χ0v) is 18.1. The molecule has 2 atom stereocenters. The van der Waals surface area contributed by atoms with E-state index in [1.165, 1.54) is 0 Å². The molecule has 0 fully saturated rings. The minimum Gasteiger partial charge on any atom is -0.493 e. The molecular formula is C26H26N3O3+. The van der Waals surface area contributed by atoms with Crippen molar-refractivity contribution in [3.8, 4) is 11.5 Å². The van der Waals surface area contributed by atoms with Gasteiger partial charge in [0, 0.05) is 29.3 Å². The summed E-state index contributed by atoms with van der Waals surface area (Å²) in [6.07, 6.45) is 5.00. The number of para-hydroxylation sites is 2. The molecule has 0 spiro atoms. The van der Waals surface area contributed by atoms with E-state index in [-0.39, 0.29) is 17.7 Å². The van der Waals surface area contributed by atoms with Crippen LogP contribution < -0.4 is 25.1 Å². The van der Waals surface area contributed by atoms with E-state index in [1.54, 1.807) is 14.2 Å². The predicted molar refractivity (Wildman–Crippen MR) is 123 cm³/mol. The van der Waals surface area contributed by atoms with Crippen molar-refractivity contribution in [2.24, 2.45) is 0 Å². The largest absolute Gasteiger partial charge is 0.493 e. The lowest BCUT2D eigenvalue weighted by Crippen LogP contribution is -2.27. The summed E-state index contributed by atoms with van der Waals surface area (Å²) in [5, 5.41) is 7.17. The third-order valence-electron chi connectivity index (χ3n) is 6.25. The molecule has 6 nitrogen and oxygen atoms in total. The van der Waals surface area contributed by atoms with Gasteiger partial charge in [0.1, 0.15) is 0 Å². The molecule has 0 radical (unpaired) electrons. The average molecular weight is 429 g/mol. The number of pyridine rings is 1. The topological polar surface area (TPSA) is 73.7 Å². The monoisotopic (exact) mass is 428 g/mol. The lowest BCUT2D eigenvalue weighted by molar-refractivity contribution is -0.378. The highest BCUT2D eigenvalue weighted by Crippen LogP contribution is 2.44. The van der Waals surface area contributed by atoms with Crippen LogP contribution >= 0.6 is 0 Å². The highest BCUT2D eigenvalue weighted by molar-refractivity contribution is 6.01. The summed E-state index contributed by atoms with van der Waals surface area (Å²) in [7, 11) is 3.25.